The van der Waals surface area contributed by atoms with Gasteiger partial charge in [0.2, 0.25) is 5.91 Å². The number of hydrogen-bond acceptors (Lipinski definition) is 3. The van der Waals surface area contributed by atoms with Gasteiger partial charge in [-0.3, -0.25) is 9.69 Å². The van der Waals surface area contributed by atoms with Crippen LogP contribution in [0.25, 0.3) is 0 Å². The first kappa shape index (κ1) is 14.8. The summed E-state index contributed by atoms with van der Waals surface area (Å²) < 4.78 is 0. The van der Waals surface area contributed by atoms with E-state index in [4.69, 9.17) is 17.3 Å². The normalized spacial score (nSPS) is 27.8. The van der Waals surface area contributed by atoms with E-state index in [1.807, 2.05) is 6.07 Å². The molecule has 21 heavy (non-hydrogen) atoms. The molecule has 2 heterocycles. The Morgan fingerprint density at radius 1 is 1.48 bits per heavy atom. The number of nitrogens with one attached hydrogen (secondary N) is 1. The van der Waals surface area contributed by atoms with Crippen molar-refractivity contribution in [3.05, 3.63) is 34.3 Å². The maximum Gasteiger partial charge on any atom is 0.248 e. The molecule has 1 aromatic carbocycles. The summed E-state index contributed by atoms with van der Waals surface area (Å²) in [6, 6.07) is 5.35. The Kier molecular flexibility index (Phi) is 3.72. The second-order valence-electron chi connectivity index (χ2n) is 6.73. The Hall–Kier alpha value is -1.10. The van der Waals surface area contributed by atoms with Gasteiger partial charge in [-0.15, -0.1) is 0 Å². The summed E-state index contributed by atoms with van der Waals surface area (Å²) in [5.41, 5.74) is 6.97. The van der Waals surface area contributed by atoms with Gasteiger partial charge < -0.3 is 11.1 Å². The predicted molar refractivity (Wildman–Crippen MR) is 84.3 cm³/mol. The molecule has 3 N–H and O–H groups in total. The van der Waals surface area contributed by atoms with E-state index >= 15 is 0 Å². The SMILES string of the molecule is CC1(C)C2CNCC2CN1Cc1ccc(C(N)=O)cc1Cl. The number of carbonyl (C=O) groups excluding carboxylic acids is 1. The van der Waals surface area contributed by atoms with E-state index in [-0.39, 0.29) is 5.54 Å². The number of nitrogens with zero attached hydrogens (tertiary/aromatic N) is 1. The molecule has 1 amide bonds. The molecule has 2 aliphatic rings. The highest BCUT2D eigenvalue weighted by Crippen LogP contribution is 2.41. The van der Waals surface area contributed by atoms with Crippen molar-refractivity contribution >= 4 is 17.5 Å². The number of carbonyl (C=O) groups is 1. The van der Waals surface area contributed by atoms with Crippen LogP contribution in [-0.2, 0) is 6.54 Å². The average Bonchev–Trinajstić information content (AvgIpc) is 2.96. The zero-order chi connectivity index (χ0) is 15.2. The maximum atomic E-state index is 11.2. The second kappa shape index (κ2) is 5.27. The summed E-state index contributed by atoms with van der Waals surface area (Å²) >= 11 is 6.32. The highest BCUT2D eigenvalue weighted by molar-refractivity contribution is 6.31. The Morgan fingerprint density at radius 2 is 2.24 bits per heavy atom. The van der Waals surface area contributed by atoms with Gasteiger partial charge in [0, 0.05) is 35.8 Å². The van der Waals surface area contributed by atoms with Crippen molar-refractivity contribution in [3.63, 3.8) is 0 Å². The van der Waals surface area contributed by atoms with Crippen LogP contribution in [0.15, 0.2) is 18.2 Å². The van der Waals surface area contributed by atoms with Gasteiger partial charge in [0.05, 0.1) is 0 Å². The molecule has 0 aliphatic carbocycles. The molecule has 2 fully saturated rings. The lowest BCUT2D eigenvalue weighted by Crippen LogP contribution is -2.43. The van der Waals surface area contributed by atoms with Crippen molar-refractivity contribution in [2.24, 2.45) is 17.6 Å². The summed E-state index contributed by atoms with van der Waals surface area (Å²) in [5, 5.41) is 4.11. The topological polar surface area (TPSA) is 58.4 Å². The van der Waals surface area contributed by atoms with E-state index in [2.05, 4.69) is 24.1 Å². The highest BCUT2D eigenvalue weighted by atomic mass is 35.5. The molecule has 2 atom stereocenters. The first-order valence-electron chi connectivity index (χ1n) is 7.43. The van der Waals surface area contributed by atoms with E-state index in [0.29, 0.717) is 16.5 Å². The number of fused-ring (bicyclic) bond motifs is 1. The standard InChI is InChI=1S/C16H22ClN3O/c1-16(2)13-7-19-6-12(13)9-20(16)8-11-4-3-10(15(18)21)5-14(11)17/h3-5,12-13,19H,6-9H2,1-2H3,(H2,18,21). The molecule has 0 aromatic heterocycles. The first-order valence-corrected chi connectivity index (χ1v) is 7.81. The van der Waals surface area contributed by atoms with E-state index in [1.54, 1.807) is 12.1 Å². The van der Waals surface area contributed by atoms with Crippen LogP contribution in [-0.4, -0.2) is 36.0 Å². The summed E-state index contributed by atoms with van der Waals surface area (Å²) in [6.45, 7) is 8.75. The van der Waals surface area contributed by atoms with E-state index < -0.39 is 5.91 Å². The molecule has 2 saturated heterocycles. The number of halogens is 1. The van der Waals surface area contributed by atoms with Crippen molar-refractivity contribution in [1.82, 2.24) is 10.2 Å². The molecule has 2 unspecified atom stereocenters. The van der Waals surface area contributed by atoms with Crippen molar-refractivity contribution in [2.45, 2.75) is 25.9 Å². The van der Waals surface area contributed by atoms with Crippen molar-refractivity contribution in [2.75, 3.05) is 19.6 Å². The van der Waals surface area contributed by atoms with Crippen molar-refractivity contribution in [1.29, 1.82) is 0 Å². The van der Waals surface area contributed by atoms with Crippen LogP contribution in [0.4, 0.5) is 0 Å². The third kappa shape index (κ3) is 2.56. The lowest BCUT2D eigenvalue weighted by Gasteiger charge is -2.36. The molecule has 0 bridgehead atoms. The van der Waals surface area contributed by atoms with Crippen LogP contribution in [0.1, 0.15) is 29.8 Å². The lowest BCUT2D eigenvalue weighted by atomic mass is 9.85. The fourth-order valence-corrected chi connectivity index (χ4v) is 4.05. The summed E-state index contributed by atoms with van der Waals surface area (Å²) in [6.07, 6.45) is 0. The highest BCUT2D eigenvalue weighted by Gasteiger charge is 2.49. The van der Waals surface area contributed by atoms with Crippen LogP contribution in [0, 0.1) is 11.8 Å². The van der Waals surface area contributed by atoms with Gasteiger partial charge in [0.25, 0.3) is 0 Å². The number of benzene rings is 1. The largest absolute Gasteiger partial charge is 0.366 e. The molecule has 1 aromatic rings. The van der Waals surface area contributed by atoms with Gasteiger partial charge >= 0.3 is 0 Å². The Bertz CT molecular complexity index is 573. The van der Waals surface area contributed by atoms with Gasteiger partial charge in [0.15, 0.2) is 0 Å². The molecular weight excluding hydrogens is 286 g/mol. The third-order valence-corrected chi connectivity index (χ3v) is 5.57. The minimum absolute atomic E-state index is 0.167. The zero-order valence-corrected chi connectivity index (χ0v) is 13.3. The molecule has 0 radical (unpaired) electrons. The Morgan fingerprint density at radius 3 is 2.86 bits per heavy atom. The van der Waals surface area contributed by atoms with E-state index in [1.165, 1.54) is 0 Å². The minimum atomic E-state index is -0.439. The van der Waals surface area contributed by atoms with Crippen LogP contribution in [0.3, 0.4) is 0 Å². The zero-order valence-electron chi connectivity index (χ0n) is 12.5. The smallest absolute Gasteiger partial charge is 0.248 e. The van der Waals surface area contributed by atoms with Gasteiger partial charge in [0.1, 0.15) is 0 Å². The molecule has 4 nitrogen and oxygen atoms in total. The minimum Gasteiger partial charge on any atom is -0.366 e. The van der Waals surface area contributed by atoms with Crippen LogP contribution >= 0.6 is 11.6 Å². The van der Waals surface area contributed by atoms with Gasteiger partial charge in [-0.2, -0.15) is 0 Å². The van der Waals surface area contributed by atoms with Crippen molar-refractivity contribution in [3.8, 4) is 0 Å². The summed E-state index contributed by atoms with van der Waals surface area (Å²) in [5.74, 6) is 0.982. The molecular formula is C16H22ClN3O. The number of hydrogen-bond donors (Lipinski definition) is 2. The van der Waals surface area contributed by atoms with Crippen molar-refractivity contribution < 1.29 is 4.79 Å². The molecule has 0 saturated carbocycles. The summed E-state index contributed by atoms with van der Waals surface area (Å²) in [4.78, 5) is 13.7. The van der Waals surface area contributed by atoms with Crippen LogP contribution in [0.5, 0.6) is 0 Å². The Balaban J connectivity index is 1.79. The van der Waals surface area contributed by atoms with E-state index in [0.717, 1.165) is 37.7 Å². The maximum absolute atomic E-state index is 11.2. The number of amides is 1. The van der Waals surface area contributed by atoms with Crippen LogP contribution in [0.2, 0.25) is 5.02 Å². The fourth-order valence-electron chi connectivity index (χ4n) is 3.81. The second-order valence-corrected chi connectivity index (χ2v) is 7.14. The number of rotatable bonds is 3. The molecule has 3 rings (SSSR count). The molecule has 114 valence electrons. The number of primary amides is 1. The number of likely N-dealkylation sites (tertiary alicyclic amines) is 1. The fraction of sp³-hybridized carbons (Fsp3) is 0.562. The van der Waals surface area contributed by atoms with Gasteiger partial charge in [-0.25, -0.2) is 0 Å². The number of nitrogens with two attached hydrogens (primary N) is 1. The molecule has 0 spiro atoms. The predicted octanol–water partition coefficient (Wildman–Crippen LogP) is 1.87. The quantitative estimate of drug-likeness (QED) is 0.896. The lowest BCUT2D eigenvalue weighted by molar-refractivity contribution is 0.1000. The summed E-state index contributed by atoms with van der Waals surface area (Å²) in [7, 11) is 0. The molecule has 2 aliphatic heterocycles. The third-order valence-electron chi connectivity index (χ3n) is 5.22. The first-order chi connectivity index (χ1) is 9.89. The Labute approximate surface area is 130 Å². The van der Waals surface area contributed by atoms with E-state index in [9.17, 15) is 4.79 Å². The molecule has 5 heteroatoms. The monoisotopic (exact) mass is 307 g/mol. The van der Waals surface area contributed by atoms with Crippen LogP contribution < -0.4 is 11.1 Å². The average molecular weight is 308 g/mol. The van der Waals surface area contributed by atoms with Gasteiger partial charge in [-0.05, 0) is 49.9 Å². The van der Waals surface area contributed by atoms with Gasteiger partial charge in [-0.1, -0.05) is 17.7 Å².